The molecule has 4 aromatic heterocycles. The van der Waals surface area contributed by atoms with Gasteiger partial charge in [0.05, 0.1) is 24.0 Å². The Balaban J connectivity index is 1.55. The number of rotatable bonds is 5. The first-order valence-electron chi connectivity index (χ1n) is 10.6. The summed E-state index contributed by atoms with van der Waals surface area (Å²) in [5.74, 6) is -0.215. The Morgan fingerprint density at radius 1 is 1.00 bits per heavy atom. The van der Waals surface area contributed by atoms with Gasteiger partial charge >= 0.3 is 0 Å². The molecule has 0 spiro atoms. The highest BCUT2D eigenvalue weighted by Crippen LogP contribution is 2.31. The number of nitrogens with one attached hydrogen (secondary N) is 1. The minimum absolute atomic E-state index is 0.0156. The molecular weight excluding hydrogens is 430 g/mol. The molecule has 5 aromatic rings. The van der Waals surface area contributed by atoms with E-state index in [9.17, 15) is 4.79 Å². The van der Waals surface area contributed by atoms with Crippen LogP contribution in [0.2, 0.25) is 0 Å². The number of pyridine rings is 2. The maximum atomic E-state index is 13.1. The average molecular weight is 451 g/mol. The monoisotopic (exact) mass is 451 g/mol. The van der Waals surface area contributed by atoms with Gasteiger partial charge in [-0.05, 0) is 43.7 Å². The van der Waals surface area contributed by atoms with Crippen molar-refractivity contribution < 1.29 is 9.21 Å². The highest BCUT2D eigenvalue weighted by molar-refractivity contribution is 5.98. The zero-order valence-corrected chi connectivity index (χ0v) is 18.6. The number of nitrogen functional groups attached to an aromatic ring is 1. The van der Waals surface area contributed by atoms with Crippen molar-refractivity contribution in [3.05, 3.63) is 83.8 Å². The highest BCUT2D eigenvalue weighted by atomic mass is 16.3. The van der Waals surface area contributed by atoms with E-state index in [0.29, 0.717) is 11.4 Å². The fourth-order valence-electron chi connectivity index (χ4n) is 3.64. The van der Waals surface area contributed by atoms with Gasteiger partial charge in [-0.1, -0.05) is 18.2 Å². The highest BCUT2D eigenvalue weighted by Gasteiger charge is 2.22. The largest absolute Gasteiger partial charge is 0.443 e. The van der Waals surface area contributed by atoms with Crippen LogP contribution in [-0.4, -0.2) is 30.8 Å². The van der Waals surface area contributed by atoms with Crippen molar-refractivity contribution in [2.75, 3.05) is 5.73 Å². The van der Waals surface area contributed by atoms with Crippen LogP contribution in [0.3, 0.4) is 0 Å². The van der Waals surface area contributed by atoms with Crippen LogP contribution in [0.15, 0.2) is 65.5 Å². The molecule has 0 fully saturated rings. The van der Waals surface area contributed by atoms with Gasteiger partial charge < -0.3 is 15.5 Å². The van der Waals surface area contributed by atoms with Gasteiger partial charge in [-0.15, -0.1) is 0 Å². The molecule has 0 unspecified atom stereocenters. The Morgan fingerprint density at radius 2 is 1.88 bits per heavy atom. The topological polar surface area (TPSA) is 133 Å². The molecule has 5 rings (SSSR count). The number of oxazole rings is 1. The lowest BCUT2D eigenvalue weighted by molar-refractivity contribution is 0.0946. The molecular formula is C25H21N7O2. The molecule has 34 heavy (non-hydrogen) atoms. The van der Waals surface area contributed by atoms with Crippen LogP contribution in [0, 0.1) is 13.8 Å². The number of nitrogens with two attached hydrogens (primary N) is 1. The van der Waals surface area contributed by atoms with Crippen molar-refractivity contribution in [1.82, 2.24) is 30.2 Å². The summed E-state index contributed by atoms with van der Waals surface area (Å²) in [6, 6.07) is 13.4. The lowest BCUT2D eigenvalue weighted by Gasteiger charge is -2.12. The summed E-state index contributed by atoms with van der Waals surface area (Å²) in [6.45, 7) is 4.09. The van der Waals surface area contributed by atoms with Gasteiger partial charge in [-0.25, -0.2) is 15.0 Å². The van der Waals surface area contributed by atoms with Crippen molar-refractivity contribution in [3.63, 3.8) is 0 Å². The van der Waals surface area contributed by atoms with Gasteiger partial charge in [0.2, 0.25) is 5.89 Å². The number of hydrogen-bond acceptors (Lipinski definition) is 8. The molecule has 0 saturated carbocycles. The number of aryl methyl sites for hydroxylation is 2. The molecule has 4 heterocycles. The molecule has 0 saturated heterocycles. The summed E-state index contributed by atoms with van der Waals surface area (Å²) in [7, 11) is 0. The first-order chi connectivity index (χ1) is 16.5. The van der Waals surface area contributed by atoms with E-state index in [1.807, 2.05) is 56.3 Å². The summed E-state index contributed by atoms with van der Waals surface area (Å²) in [5.41, 5.74) is 11.1. The molecule has 1 aromatic carbocycles. The first kappa shape index (κ1) is 21.2. The number of aromatic nitrogens is 5. The number of carbonyl (C=O) groups is 1. The van der Waals surface area contributed by atoms with E-state index in [4.69, 9.17) is 10.2 Å². The van der Waals surface area contributed by atoms with Crippen LogP contribution < -0.4 is 11.1 Å². The maximum absolute atomic E-state index is 13.1. The molecule has 0 radical (unpaired) electrons. The second-order valence-electron chi connectivity index (χ2n) is 7.80. The number of hydrogen-bond donors (Lipinski definition) is 2. The van der Waals surface area contributed by atoms with Crippen LogP contribution in [-0.2, 0) is 6.54 Å². The molecule has 0 bridgehead atoms. The molecule has 0 aliphatic rings. The SMILES string of the molecule is Cc1ccc(C)c(CNC(=O)c2nc(-c3ccc4ncccc4c3)c(-c3ncco3)nc2N)n1. The average Bonchev–Trinajstić information content (AvgIpc) is 3.39. The fourth-order valence-corrected chi connectivity index (χ4v) is 3.64. The van der Waals surface area contributed by atoms with Crippen LogP contribution in [0.5, 0.6) is 0 Å². The second kappa shape index (κ2) is 8.70. The Kier molecular flexibility index (Phi) is 5.43. The smallest absolute Gasteiger partial charge is 0.274 e. The zero-order chi connectivity index (χ0) is 23.7. The fraction of sp³-hybridized carbons (Fsp3) is 0.120. The molecule has 0 aliphatic carbocycles. The molecule has 0 aliphatic heterocycles. The Morgan fingerprint density at radius 3 is 2.71 bits per heavy atom. The predicted octanol–water partition coefficient (Wildman–Crippen LogP) is 3.87. The lowest BCUT2D eigenvalue weighted by atomic mass is 10.1. The third-order valence-corrected chi connectivity index (χ3v) is 5.41. The normalized spacial score (nSPS) is 11.0. The van der Waals surface area contributed by atoms with Gasteiger partial charge in [0.25, 0.3) is 5.91 Å². The van der Waals surface area contributed by atoms with Crippen LogP contribution in [0.25, 0.3) is 33.7 Å². The van der Waals surface area contributed by atoms with Gasteiger partial charge in [-0.2, -0.15) is 0 Å². The number of anilines is 1. The summed E-state index contributed by atoms with van der Waals surface area (Å²) in [5, 5.41) is 3.77. The van der Waals surface area contributed by atoms with Gasteiger partial charge in [0.15, 0.2) is 17.2 Å². The molecule has 1 amide bonds. The summed E-state index contributed by atoms with van der Waals surface area (Å²) < 4.78 is 5.46. The van der Waals surface area contributed by atoms with Crippen molar-refractivity contribution >= 4 is 22.6 Å². The Labute approximate surface area is 195 Å². The van der Waals surface area contributed by atoms with E-state index in [-0.39, 0.29) is 23.9 Å². The number of amides is 1. The van der Waals surface area contributed by atoms with Crippen LogP contribution >= 0.6 is 0 Å². The third kappa shape index (κ3) is 4.06. The number of carbonyl (C=O) groups excluding carboxylic acids is 1. The third-order valence-electron chi connectivity index (χ3n) is 5.41. The van der Waals surface area contributed by atoms with E-state index in [1.54, 1.807) is 6.20 Å². The number of benzene rings is 1. The van der Waals surface area contributed by atoms with Crippen molar-refractivity contribution in [2.45, 2.75) is 20.4 Å². The quantitative estimate of drug-likeness (QED) is 0.411. The summed E-state index contributed by atoms with van der Waals surface area (Å²) in [4.78, 5) is 35.2. The molecule has 3 N–H and O–H groups in total. The first-order valence-corrected chi connectivity index (χ1v) is 10.6. The minimum atomic E-state index is -0.449. The van der Waals surface area contributed by atoms with E-state index in [0.717, 1.165) is 33.4 Å². The van der Waals surface area contributed by atoms with Crippen molar-refractivity contribution in [1.29, 1.82) is 0 Å². The maximum Gasteiger partial charge on any atom is 0.274 e. The van der Waals surface area contributed by atoms with Crippen molar-refractivity contribution in [2.24, 2.45) is 0 Å². The van der Waals surface area contributed by atoms with E-state index < -0.39 is 5.91 Å². The Bertz CT molecular complexity index is 1510. The summed E-state index contributed by atoms with van der Waals surface area (Å²) in [6.07, 6.45) is 4.69. The number of fused-ring (bicyclic) bond motifs is 1. The standard InChI is InChI=1S/C25H21N7O2/c1-14-5-6-15(2)30-19(14)13-29-24(33)22-23(26)32-21(25-28-10-11-34-25)20(31-22)17-7-8-18-16(12-17)4-3-9-27-18/h3-12H,13H2,1-2H3,(H2,26,32)(H,29,33). The second-order valence-corrected chi connectivity index (χ2v) is 7.80. The minimum Gasteiger partial charge on any atom is -0.443 e. The van der Waals surface area contributed by atoms with E-state index >= 15 is 0 Å². The molecule has 9 heteroatoms. The van der Waals surface area contributed by atoms with Gasteiger partial charge in [-0.3, -0.25) is 14.8 Å². The predicted molar refractivity (Wildman–Crippen MR) is 128 cm³/mol. The van der Waals surface area contributed by atoms with E-state index in [1.165, 1.54) is 12.5 Å². The number of nitrogens with zero attached hydrogens (tertiary/aromatic N) is 5. The van der Waals surface area contributed by atoms with Crippen LogP contribution in [0.1, 0.15) is 27.4 Å². The van der Waals surface area contributed by atoms with Crippen LogP contribution in [0.4, 0.5) is 5.82 Å². The molecule has 9 nitrogen and oxygen atoms in total. The Hall–Kier alpha value is -4.66. The van der Waals surface area contributed by atoms with Gasteiger partial charge in [0.1, 0.15) is 12.0 Å². The summed E-state index contributed by atoms with van der Waals surface area (Å²) >= 11 is 0. The lowest BCUT2D eigenvalue weighted by Crippen LogP contribution is -2.26. The molecule has 0 atom stereocenters. The van der Waals surface area contributed by atoms with Crippen molar-refractivity contribution in [3.8, 4) is 22.8 Å². The zero-order valence-electron chi connectivity index (χ0n) is 18.6. The van der Waals surface area contributed by atoms with E-state index in [2.05, 4.69) is 30.2 Å². The molecule has 168 valence electrons. The van der Waals surface area contributed by atoms with Gasteiger partial charge in [0, 0.05) is 22.8 Å².